The van der Waals surface area contributed by atoms with Crippen LogP contribution >= 0.6 is 0 Å². The van der Waals surface area contributed by atoms with E-state index in [2.05, 4.69) is 29.2 Å². The topological polar surface area (TPSA) is 29.3 Å². The molecule has 0 atom stereocenters. The second-order valence-electron chi connectivity index (χ2n) is 5.91. The zero-order valence-corrected chi connectivity index (χ0v) is 11.1. The van der Waals surface area contributed by atoms with Crippen LogP contribution in [0.15, 0.2) is 24.3 Å². The van der Waals surface area contributed by atoms with Crippen LogP contribution in [0.3, 0.4) is 0 Å². The van der Waals surface area contributed by atoms with Gasteiger partial charge in [-0.1, -0.05) is 24.3 Å². The van der Waals surface area contributed by atoms with Gasteiger partial charge in [-0.15, -0.1) is 0 Å². The van der Waals surface area contributed by atoms with Crippen LogP contribution in [-0.4, -0.2) is 24.0 Å². The van der Waals surface area contributed by atoms with Crippen molar-refractivity contribution in [3.8, 4) is 0 Å². The molecule has 0 saturated heterocycles. The van der Waals surface area contributed by atoms with E-state index in [-0.39, 0.29) is 0 Å². The molecule has 2 aliphatic carbocycles. The fourth-order valence-electron chi connectivity index (χ4n) is 2.74. The molecule has 2 saturated carbocycles. The van der Waals surface area contributed by atoms with Gasteiger partial charge in [0.25, 0.3) is 0 Å². The van der Waals surface area contributed by atoms with Crippen LogP contribution in [0.2, 0.25) is 0 Å². The Morgan fingerprint density at radius 3 is 2.39 bits per heavy atom. The molecule has 2 nitrogen and oxygen atoms in total. The summed E-state index contributed by atoms with van der Waals surface area (Å²) in [5.41, 5.74) is 8.65. The van der Waals surface area contributed by atoms with Gasteiger partial charge in [-0.3, -0.25) is 4.90 Å². The van der Waals surface area contributed by atoms with Crippen molar-refractivity contribution in [2.75, 3.05) is 13.1 Å². The van der Waals surface area contributed by atoms with Crippen LogP contribution in [0, 0.1) is 5.92 Å². The first-order valence-electron chi connectivity index (χ1n) is 7.37. The summed E-state index contributed by atoms with van der Waals surface area (Å²) >= 11 is 0. The molecule has 98 valence electrons. The highest BCUT2D eigenvalue weighted by Gasteiger charge is 2.33. The molecule has 0 aromatic heterocycles. The van der Waals surface area contributed by atoms with Crippen LogP contribution < -0.4 is 5.73 Å². The number of hydrogen-bond acceptors (Lipinski definition) is 2. The molecule has 0 spiro atoms. The lowest BCUT2D eigenvalue weighted by molar-refractivity contribution is 0.243. The van der Waals surface area contributed by atoms with E-state index in [0.717, 1.165) is 31.5 Å². The minimum atomic E-state index is 0.753. The predicted octanol–water partition coefficient (Wildman–Crippen LogP) is 2.56. The van der Waals surface area contributed by atoms with Crippen molar-refractivity contribution in [2.24, 2.45) is 11.7 Å². The van der Waals surface area contributed by atoms with Gasteiger partial charge < -0.3 is 5.73 Å². The van der Waals surface area contributed by atoms with Crippen LogP contribution in [0.4, 0.5) is 0 Å². The van der Waals surface area contributed by atoms with Gasteiger partial charge >= 0.3 is 0 Å². The van der Waals surface area contributed by atoms with E-state index in [4.69, 9.17) is 5.73 Å². The third-order valence-electron chi connectivity index (χ3n) is 4.16. The molecular formula is C16H24N2. The van der Waals surface area contributed by atoms with Gasteiger partial charge in [0, 0.05) is 19.1 Å². The summed E-state index contributed by atoms with van der Waals surface area (Å²) in [4.78, 5) is 2.72. The van der Waals surface area contributed by atoms with Crippen molar-refractivity contribution in [1.82, 2.24) is 4.90 Å². The van der Waals surface area contributed by atoms with Crippen LogP contribution in [-0.2, 0) is 13.0 Å². The molecule has 1 aromatic rings. The Morgan fingerprint density at radius 1 is 1.06 bits per heavy atom. The van der Waals surface area contributed by atoms with Crippen molar-refractivity contribution in [3.05, 3.63) is 35.4 Å². The zero-order valence-electron chi connectivity index (χ0n) is 11.1. The predicted molar refractivity (Wildman–Crippen MR) is 75.4 cm³/mol. The summed E-state index contributed by atoms with van der Waals surface area (Å²) in [5.74, 6) is 0.993. The van der Waals surface area contributed by atoms with Crippen LogP contribution in [0.5, 0.6) is 0 Å². The summed E-state index contributed by atoms with van der Waals surface area (Å²) in [7, 11) is 0. The van der Waals surface area contributed by atoms with E-state index in [1.807, 2.05) is 0 Å². The summed E-state index contributed by atoms with van der Waals surface area (Å²) in [6, 6.07) is 9.70. The van der Waals surface area contributed by atoms with Crippen molar-refractivity contribution in [1.29, 1.82) is 0 Å². The monoisotopic (exact) mass is 244 g/mol. The summed E-state index contributed by atoms with van der Waals surface area (Å²) in [5, 5.41) is 0. The van der Waals surface area contributed by atoms with Gasteiger partial charge in [0.15, 0.2) is 0 Å². The van der Waals surface area contributed by atoms with E-state index in [0.29, 0.717) is 0 Å². The molecule has 2 heteroatoms. The molecule has 0 bridgehead atoms. The first-order valence-corrected chi connectivity index (χ1v) is 7.37. The van der Waals surface area contributed by atoms with Gasteiger partial charge in [-0.2, -0.15) is 0 Å². The molecular weight excluding hydrogens is 220 g/mol. The van der Waals surface area contributed by atoms with E-state index >= 15 is 0 Å². The number of hydrogen-bond donors (Lipinski definition) is 1. The molecule has 2 fully saturated rings. The van der Waals surface area contributed by atoms with Gasteiger partial charge in [-0.05, 0) is 55.7 Å². The van der Waals surface area contributed by atoms with Gasteiger partial charge in [0.2, 0.25) is 0 Å². The number of benzene rings is 1. The smallest absolute Gasteiger partial charge is 0.0239 e. The minimum absolute atomic E-state index is 0.753. The second kappa shape index (κ2) is 5.41. The van der Waals surface area contributed by atoms with E-state index in [9.17, 15) is 0 Å². The normalized spacial score (nSPS) is 19.4. The average molecular weight is 244 g/mol. The summed E-state index contributed by atoms with van der Waals surface area (Å²) in [6.45, 7) is 3.21. The van der Waals surface area contributed by atoms with Crippen molar-refractivity contribution in [2.45, 2.75) is 44.7 Å². The molecule has 2 aliphatic rings. The Balaban J connectivity index is 1.68. The molecule has 18 heavy (non-hydrogen) atoms. The fourth-order valence-corrected chi connectivity index (χ4v) is 2.74. The van der Waals surface area contributed by atoms with Crippen molar-refractivity contribution < 1.29 is 0 Å². The molecule has 0 heterocycles. The molecule has 0 radical (unpaired) electrons. The molecule has 0 unspecified atom stereocenters. The summed E-state index contributed by atoms with van der Waals surface area (Å²) < 4.78 is 0. The standard InChI is InChI=1S/C16H24N2/c17-10-9-14-3-1-2-4-15(14)12-18(16-7-8-16)11-13-5-6-13/h1-4,13,16H,5-12,17H2. The molecule has 0 aliphatic heterocycles. The highest BCUT2D eigenvalue weighted by Crippen LogP contribution is 2.35. The van der Waals surface area contributed by atoms with Crippen LogP contribution in [0.25, 0.3) is 0 Å². The first kappa shape index (κ1) is 12.2. The second-order valence-corrected chi connectivity index (χ2v) is 5.91. The highest BCUT2D eigenvalue weighted by molar-refractivity contribution is 5.27. The average Bonchev–Trinajstić information content (AvgIpc) is 3.25. The van der Waals surface area contributed by atoms with Gasteiger partial charge in [-0.25, -0.2) is 0 Å². The minimum Gasteiger partial charge on any atom is -0.330 e. The van der Waals surface area contributed by atoms with Gasteiger partial charge in [0.1, 0.15) is 0 Å². The third kappa shape index (κ3) is 3.12. The zero-order chi connectivity index (χ0) is 12.4. The number of rotatable bonds is 7. The highest BCUT2D eigenvalue weighted by atomic mass is 15.2. The maximum Gasteiger partial charge on any atom is 0.0239 e. The number of nitrogens with zero attached hydrogens (tertiary/aromatic N) is 1. The van der Waals surface area contributed by atoms with Gasteiger partial charge in [0.05, 0.1) is 0 Å². The summed E-state index contributed by atoms with van der Waals surface area (Å²) in [6.07, 6.45) is 6.73. The Bertz CT molecular complexity index is 394. The van der Waals surface area contributed by atoms with Crippen molar-refractivity contribution in [3.63, 3.8) is 0 Å². The lowest BCUT2D eigenvalue weighted by atomic mass is 10.0. The Hall–Kier alpha value is -0.860. The quantitative estimate of drug-likeness (QED) is 0.798. The Labute approximate surface area is 110 Å². The van der Waals surface area contributed by atoms with E-state index < -0.39 is 0 Å². The molecule has 3 rings (SSSR count). The largest absolute Gasteiger partial charge is 0.330 e. The van der Waals surface area contributed by atoms with E-state index in [1.54, 1.807) is 0 Å². The van der Waals surface area contributed by atoms with Crippen LogP contribution in [0.1, 0.15) is 36.8 Å². The Morgan fingerprint density at radius 2 is 1.78 bits per heavy atom. The molecule has 0 amide bonds. The Kier molecular flexibility index (Phi) is 3.67. The maximum absolute atomic E-state index is 5.71. The van der Waals surface area contributed by atoms with E-state index in [1.165, 1.54) is 43.4 Å². The lowest BCUT2D eigenvalue weighted by Crippen LogP contribution is -2.28. The molecule has 2 N–H and O–H groups in total. The number of nitrogens with two attached hydrogens (primary N) is 1. The fraction of sp³-hybridized carbons (Fsp3) is 0.625. The SMILES string of the molecule is NCCc1ccccc1CN(CC1CC1)C1CC1. The lowest BCUT2D eigenvalue weighted by Gasteiger charge is -2.23. The molecule has 1 aromatic carbocycles. The third-order valence-corrected chi connectivity index (χ3v) is 4.16. The van der Waals surface area contributed by atoms with Crippen molar-refractivity contribution >= 4 is 0 Å². The maximum atomic E-state index is 5.71. The first-order chi connectivity index (χ1) is 8.86.